The van der Waals surface area contributed by atoms with E-state index in [-0.39, 0.29) is 5.82 Å². The minimum Gasteiger partial charge on any atom is -0.383 e. The quantitative estimate of drug-likeness (QED) is 0.553. The predicted octanol–water partition coefficient (Wildman–Crippen LogP) is 4.30. The maximum atomic E-state index is 9.30. The normalized spacial score (nSPS) is 10.7. The first-order valence-electron chi connectivity index (χ1n) is 7.58. The molecule has 0 fully saturated rings. The molecular formula is C19H12BrN5. The number of nitrogen functional groups attached to an aromatic ring is 1. The van der Waals surface area contributed by atoms with Crippen LogP contribution in [0.1, 0.15) is 5.56 Å². The fraction of sp³-hybridized carbons (Fsp3) is 0. The lowest BCUT2D eigenvalue weighted by atomic mass is 10.1. The van der Waals surface area contributed by atoms with Crippen molar-refractivity contribution in [3.8, 4) is 23.0 Å². The first-order valence-corrected chi connectivity index (χ1v) is 8.37. The monoisotopic (exact) mass is 389 g/mol. The van der Waals surface area contributed by atoms with E-state index in [2.05, 4.69) is 27.0 Å². The van der Waals surface area contributed by atoms with E-state index in [1.807, 2.05) is 54.6 Å². The number of para-hydroxylation sites is 1. The smallest absolute Gasteiger partial charge is 0.165 e. The Labute approximate surface area is 152 Å². The number of hydrogen-bond acceptors (Lipinski definition) is 4. The highest BCUT2D eigenvalue weighted by Gasteiger charge is 2.17. The van der Waals surface area contributed by atoms with Crippen LogP contribution < -0.4 is 5.73 Å². The van der Waals surface area contributed by atoms with Gasteiger partial charge in [-0.15, -0.1) is 0 Å². The summed E-state index contributed by atoms with van der Waals surface area (Å²) in [7, 11) is 0. The van der Waals surface area contributed by atoms with E-state index in [0.29, 0.717) is 11.2 Å². The van der Waals surface area contributed by atoms with Gasteiger partial charge < -0.3 is 5.73 Å². The molecule has 4 aromatic rings. The van der Waals surface area contributed by atoms with Crippen LogP contribution in [-0.2, 0) is 0 Å². The summed E-state index contributed by atoms with van der Waals surface area (Å²) in [5.41, 5.74) is 9.49. The van der Waals surface area contributed by atoms with Gasteiger partial charge in [-0.2, -0.15) is 10.4 Å². The Morgan fingerprint density at radius 2 is 1.76 bits per heavy atom. The lowest BCUT2D eigenvalue weighted by molar-refractivity contribution is 0.901. The minimum absolute atomic E-state index is 0.203. The number of aromatic nitrogens is 3. The summed E-state index contributed by atoms with van der Waals surface area (Å²) >= 11 is 3.44. The summed E-state index contributed by atoms with van der Waals surface area (Å²) in [6.07, 6.45) is 0. The van der Waals surface area contributed by atoms with Crippen LogP contribution in [0.2, 0.25) is 0 Å². The van der Waals surface area contributed by atoms with Gasteiger partial charge in [0, 0.05) is 15.4 Å². The molecule has 6 heteroatoms. The van der Waals surface area contributed by atoms with E-state index in [4.69, 9.17) is 10.8 Å². The molecule has 0 bridgehead atoms. The molecule has 0 unspecified atom stereocenters. The number of halogens is 1. The molecule has 0 amide bonds. The van der Waals surface area contributed by atoms with Gasteiger partial charge in [-0.05, 0) is 30.3 Å². The second kappa shape index (κ2) is 6.04. The molecule has 0 aliphatic rings. The van der Waals surface area contributed by atoms with Gasteiger partial charge in [-0.1, -0.05) is 46.3 Å². The zero-order valence-electron chi connectivity index (χ0n) is 13.0. The summed E-state index contributed by atoms with van der Waals surface area (Å²) in [4.78, 5) is 4.43. The number of anilines is 1. The van der Waals surface area contributed by atoms with Crippen LogP contribution in [0.5, 0.6) is 0 Å². The zero-order chi connectivity index (χ0) is 17.4. The SMILES string of the molecule is N#Cc1cc2c(-c3ccc(Br)cc3)nn(-c3ccccc3)c2nc1N. The third kappa shape index (κ3) is 2.65. The largest absolute Gasteiger partial charge is 0.383 e. The maximum absolute atomic E-state index is 9.30. The summed E-state index contributed by atoms with van der Waals surface area (Å²) in [6.45, 7) is 0. The number of nitrogens with two attached hydrogens (primary N) is 1. The Morgan fingerprint density at radius 1 is 1.04 bits per heavy atom. The second-order valence-electron chi connectivity index (χ2n) is 5.51. The number of nitriles is 1. The fourth-order valence-electron chi connectivity index (χ4n) is 2.71. The van der Waals surface area contributed by atoms with Crippen molar-refractivity contribution in [2.45, 2.75) is 0 Å². The van der Waals surface area contributed by atoms with E-state index in [0.717, 1.165) is 26.8 Å². The predicted molar refractivity (Wildman–Crippen MR) is 101 cm³/mol. The molecule has 5 nitrogen and oxygen atoms in total. The Kier molecular flexibility index (Phi) is 3.71. The van der Waals surface area contributed by atoms with Crippen LogP contribution in [0.4, 0.5) is 5.82 Å². The van der Waals surface area contributed by atoms with Crippen LogP contribution in [-0.4, -0.2) is 14.8 Å². The number of rotatable bonds is 2. The average Bonchev–Trinajstić information content (AvgIpc) is 3.00. The lowest BCUT2D eigenvalue weighted by Gasteiger charge is -2.03. The van der Waals surface area contributed by atoms with E-state index in [9.17, 15) is 5.26 Å². The number of benzene rings is 2. The van der Waals surface area contributed by atoms with E-state index in [1.165, 1.54) is 0 Å². The number of pyridine rings is 1. The van der Waals surface area contributed by atoms with Crippen molar-refractivity contribution < 1.29 is 0 Å². The molecule has 0 spiro atoms. The van der Waals surface area contributed by atoms with Crippen molar-refractivity contribution in [2.24, 2.45) is 0 Å². The van der Waals surface area contributed by atoms with Gasteiger partial charge in [0.25, 0.3) is 0 Å². The van der Waals surface area contributed by atoms with Crippen molar-refractivity contribution >= 4 is 32.8 Å². The maximum Gasteiger partial charge on any atom is 0.165 e. The summed E-state index contributed by atoms with van der Waals surface area (Å²) in [5.74, 6) is 0.203. The van der Waals surface area contributed by atoms with Gasteiger partial charge in [0.15, 0.2) is 5.65 Å². The Morgan fingerprint density at radius 3 is 2.44 bits per heavy atom. The highest BCUT2D eigenvalue weighted by atomic mass is 79.9. The Hall–Kier alpha value is -3.17. The fourth-order valence-corrected chi connectivity index (χ4v) is 2.98. The van der Waals surface area contributed by atoms with E-state index >= 15 is 0 Å². The molecule has 2 aromatic carbocycles. The molecule has 120 valence electrons. The Balaban J connectivity index is 2.06. The summed E-state index contributed by atoms with van der Waals surface area (Å²) in [6, 6.07) is 21.4. The molecule has 0 aliphatic heterocycles. The number of fused-ring (bicyclic) bond motifs is 1. The molecule has 0 saturated carbocycles. The number of hydrogen-bond donors (Lipinski definition) is 1. The molecule has 25 heavy (non-hydrogen) atoms. The van der Waals surface area contributed by atoms with Crippen molar-refractivity contribution in [2.75, 3.05) is 5.73 Å². The van der Waals surface area contributed by atoms with Crippen molar-refractivity contribution in [3.63, 3.8) is 0 Å². The molecule has 4 rings (SSSR count). The van der Waals surface area contributed by atoms with Crippen molar-refractivity contribution in [1.82, 2.24) is 14.8 Å². The van der Waals surface area contributed by atoms with Gasteiger partial charge >= 0.3 is 0 Å². The van der Waals surface area contributed by atoms with Crippen LogP contribution >= 0.6 is 15.9 Å². The second-order valence-corrected chi connectivity index (χ2v) is 6.42. The summed E-state index contributed by atoms with van der Waals surface area (Å²) in [5, 5.41) is 14.8. The third-order valence-electron chi connectivity index (χ3n) is 3.93. The molecule has 0 aliphatic carbocycles. The average molecular weight is 390 g/mol. The first kappa shape index (κ1) is 15.4. The van der Waals surface area contributed by atoms with Gasteiger partial charge in [0.05, 0.1) is 11.3 Å². The minimum atomic E-state index is 0.203. The summed E-state index contributed by atoms with van der Waals surface area (Å²) < 4.78 is 2.74. The molecule has 2 N–H and O–H groups in total. The van der Waals surface area contributed by atoms with Gasteiger partial charge in [0.2, 0.25) is 0 Å². The van der Waals surface area contributed by atoms with Gasteiger partial charge in [0.1, 0.15) is 17.6 Å². The molecule has 2 aromatic heterocycles. The number of nitrogens with zero attached hydrogens (tertiary/aromatic N) is 4. The first-order chi connectivity index (χ1) is 12.2. The highest BCUT2D eigenvalue weighted by molar-refractivity contribution is 9.10. The van der Waals surface area contributed by atoms with Gasteiger partial charge in [-0.3, -0.25) is 0 Å². The lowest BCUT2D eigenvalue weighted by Crippen LogP contribution is -2.00. The molecule has 0 radical (unpaired) electrons. The third-order valence-corrected chi connectivity index (χ3v) is 4.46. The van der Waals surface area contributed by atoms with Crippen LogP contribution in [0, 0.1) is 11.3 Å². The Bertz CT molecular complexity index is 1110. The zero-order valence-corrected chi connectivity index (χ0v) is 14.6. The standard InChI is InChI=1S/C19H12BrN5/c20-14-8-6-12(7-9-14)17-16-10-13(11-21)18(22)23-19(16)25(24-17)15-4-2-1-3-5-15/h1-10H,(H2,22,23). The topological polar surface area (TPSA) is 80.5 Å². The van der Waals surface area contributed by atoms with Crippen molar-refractivity contribution in [1.29, 1.82) is 5.26 Å². The van der Waals surface area contributed by atoms with Crippen LogP contribution in [0.3, 0.4) is 0 Å². The molecule has 0 saturated heterocycles. The van der Waals surface area contributed by atoms with Crippen molar-refractivity contribution in [3.05, 3.63) is 70.7 Å². The van der Waals surface area contributed by atoms with Gasteiger partial charge in [-0.25, -0.2) is 9.67 Å². The highest BCUT2D eigenvalue weighted by Crippen LogP contribution is 2.31. The molecular weight excluding hydrogens is 378 g/mol. The van der Waals surface area contributed by atoms with Crippen LogP contribution in [0.25, 0.3) is 28.0 Å². The van der Waals surface area contributed by atoms with Crippen LogP contribution in [0.15, 0.2) is 65.1 Å². The van der Waals surface area contributed by atoms with E-state index < -0.39 is 0 Å². The van der Waals surface area contributed by atoms with E-state index in [1.54, 1.807) is 10.7 Å². The molecule has 0 atom stereocenters. The molecule has 2 heterocycles.